The number of amides is 1. The largest absolute Gasteiger partial charge is 0.481 e. The van der Waals surface area contributed by atoms with E-state index in [4.69, 9.17) is 4.74 Å². The van der Waals surface area contributed by atoms with Crippen LogP contribution in [-0.2, 0) is 11.3 Å². The average Bonchev–Trinajstić information content (AvgIpc) is 3.03. The number of para-hydroxylation sites is 1. The maximum Gasteiger partial charge on any atom is 0.258 e. The Morgan fingerprint density at radius 3 is 2.84 bits per heavy atom. The van der Waals surface area contributed by atoms with Gasteiger partial charge in [0, 0.05) is 12.5 Å². The summed E-state index contributed by atoms with van der Waals surface area (Å²) in [7, 11) is 0. The molecule has 6 heteroatoms. The van der Waals surface area contributed by atoms with E-state index in [1.165, 1.54) is 12.1 Å². The molecule has 0 bridgehead atoms. The standard InChI is InChI=1S/C19H20FN3O2/c1-12(2)19-22-15-8-7-13(9-16(15)23-19)10-21-18(24)11-25-17-6-4-3-5-14(17)20/h3-9,12H,10-11H2,1-2H3,(H,21,24)(H,22,23). The first-order valence-corrected chi connectivity index (χ1v) is 8.15. The van der Waals surface area contributed by atoms with Crippen LogP contribution in [0.2, 0.25) is 0 Å². The summed E-state index contributed by atoms with van der Waals surface area (Å²) in [6, 6.07) is 11.8. The number of halogens is 1. The molecule has 0 aliphatic heterocycles. The second kappa shape index (κ2) is 7.34. The fourth-order valence-corrected chi connectivity index (χ4v) is 2.42. The molecule has 2 aromatic carbocycles. The molecular weight excluding hydrogens is 321 g/mol. The monoisotopic (exact) mass is 341 g/mol. The Kier molecular flexibility index (Phi) is 4.97. The number of carbonyl (C=O) groups is 1. The van der Waals surface area contributed by atoms with E-state index in [-0.39, 0.29) is 18.3 Å². The topological polar surface area (TPSA) is 67.0 Å². The molecule has 0 radical (unpaired) electrons. The third-order valence-electron chi connectivity index (χ3n) is 3.80. The number of benzene rings is 2. The summed E-state index contributed by atoms with van der Waals surface area (Å²) < 4.78 is 18.6. The highest BCUT2D eigenvalue weighted by atomic mass is 19.1. The van der Waals surface area contributed by atoms with Gasteiger partial charge in [-0.05, 0) is 29.8 Å². The van der Waals surface area contributed by atoms with Crippen LogP contribution in [0, 0.1) is 5.82 Å². The van der Waals surface area contributed by atoms with Crippen molar-refractivity contribution < 1.29 is 13.9 Å². The molecule has 0 spiro atoms. The Balaban J connectivity index is 1.56. The fraction of sp³-hybridized carbons (Fsp3) is 0.263. The summed E-state index contributed by atoms with van der Waals surface area (Å²) >= 11 is 0. The molecule has 1 aromatic heterocycles. The Morgan fingerprint density at radius 2 is 2.08 bits per heavy atom. The highest BCUT2D eigenvalue weighted by molar-refractivity contribution is 5.78. The summed E-state index contributed by atoms with van der Waals surface area (Å²) in [5.74, 6) is 0.537. The quantitative estimate of drug-likeness (QED) is 0.721. The predicted molar refractivity (Wildman–Crippen MR) is 93.9 cm³/mol. The van der Waals surface area contributed by atoms with Gasteiger partial charge in [-0.3, -0.25) is 4.79 Å². The molecule has 0 aliphatic rings. The number of aromatic amines is 1. The van der Waals surface area contributed by atoms with E-state index in [1.807, 2.05) is 18.2 Å². The molecule has 0 atom stereocenters. The number of hydrogen-bond acceptors (Lipinski definition) is 3. The minimum absolute atomic E-state index is 0.0674. The predicted octanol–water partition coefficient (Wildman–Crippen LogP) is 3.52. The van der Waals surface area contributed by atoms with Crippen molar-refractivity contribution in [2.45, 2.75) is 26.3 Å². The van der Waals surface area contributed by atoms with Gasteiger partial charge in [0.25, 0.3) is 5.91 Å². The van der Waals surface area contributed by atoms with Crippen molar-refractivity contribution in [3.63, 3.8) is 0 Å². The number of H-pyrrole nitrogens is 1. The second-order valence-electron chi connectivity index (χ2n) is 6.12. The summed E-state index contributed by atoms with van der Waals surface area (Å²) in [5.41, 5.74) is 2.80. The van der Waals surface area contributed by atoms with Crippen LogP contribution in [0.25, 0.3) is 11.0 Å². The number of aromatic nitrogens is 2. The van der Waals surface area contributed by atoms with E-state index in [0.29, 0.717) is 12.5 Å². The number of carbonyl (C=O) groups excluding carboxylic acids is 1. The zero-order valence-electron chi connectivity index (χ0n) is 14.2. The lowest BCUT2D eigenvalue weighted by Crippen LogP contribution is -2.28. The summed E-state index contributed by atoms with van der Waals surface area (Å²) in [5, 5.41) is 2.76. The molecule has 0 saturated heterocycles. The minimum atomic E-state index is -0.485. The Hall–Kier alpha value is -2.89. The van der Waals surface area contributed by atoms with Crippen molar-refractivity contribution >= 4 is 16.9 Å². The van der Waals surface area contributed by atoms with Gasteiger partial charge in [0.05, 0.1) is 11.0 Å². The smallest absolute Gasteiger partial charge is 0.258 e. The number of ether oxygens (including phenoxy) is 1. The van der Waals surface area contributed by atoms with Crippen LogP contribution in [0.1, 0.15) is 31.2 Å². The highest BCUT2D eigenvalue weighted by Crippen LogP contribution is 2.18. The summed E-state index contributed by atoms with van der Waals surface area (Å²) in [6.45, 7) is 4.29. The first kappa shape index (κ1) is 17.0. The third-order valence-corrected chi connectivity index (χ3v) is 3.80. The van der Waals surface area contributed by atoms with Gasteiger partial charge in [-0.1, -0.05) is 32.0 Å². The van der Waals surface area contributed by atoms with Crippen LogP contribution in [0.4, 0.5) is 4.39 Å². The van der Waals surface area contributed by atoms with Gasteiger partial charge >= 0.3 is 0 Å². The molecule has 0 aliphatic carbocycles. The number of nitrogens with zero attached hydrogens (tertiary/aromatic N) is 1. The number of imidazole rings is 1. The molecule has 25 heavy (non-hydrogen) atoms. The zero-order valence-corrected chi connectivity index (χ0v) is 14.2. The number of hydrogen-bond donors (Lipinski definition) is 2. The molecule has 5 nitrogen and oxygen atoms in total. The third kappa shape index (κ3) is 4.15. The maximum absolute atomic E-state index is 13.4. The Labute approximate surface area is 145 Å². The van der Waals surface area contributed by atoms with Crippen molar-refractivity contribution in [3.8, 4) is 5.75 Å². The molecule has 130 valence electrons. The average molecular weight is 341 g/mol. The van der Waals surface area contributed by atoms with Crippen molar-refractivity contribution in [2.75, 3.05) is 6.61 Å². The van der Waals surface area contributed by atoms with Crippen molar-refractivity contribution in [2.24, 2.45) is 0 Å². The molecule has 0 unspecified atom stereocenters. The van der Waals surface area contributed by atoms with Gasteiger partial charge in [-0.15, -0.1) is 0 Å². The minimum Gasteiger partial charge on any atom is -0.481 e. The summed E-state index contributed by atoms with van der Waals surface area (Å²) in [6.07, 6.45) is 0. The van der Waals surface area contributed by atoms with Crippen LogP contribution < -0.4 is 10.1 Å². The van der Waals surface area contributed by atoms with Gasteiger partial charge in [0.1, 0.15) is 5.82 Å². The molecular formula is C19H20FN3O2. The molecule has 0 saturated carbocycles. The molecule has 3 rings (SSSR count). The highest BCUT2D eigenvalue weighted by Gasteiger charge is 2.09. The lowest BCUT2D eigenvalue weighted by Gasteiger charge is -2.08. The van der Waals surface area contributed by atoms with E-state index < -0.39 is 5.82 Å². The van der Waals surface area contributed by atoms with Crippen LogP contribution >= 0.6 is 0 Å². The van der Waals surface area contributed by atoms with Crippen molar-refractivity contribution in [1.82, 2.24) is 15.3 Å². The van der Waals surface area contributed by atoms with Gasteiger partial charge in [-0.2, -0.15) is 0 Å². The van der Waals surface area contributed by atoms with Crippen LogP contribution in [0.15, 0.2) is 42.5 Å². The van der Waals surface area contributed by atoms with E-state index in [1.54, 1.807) is 12.1 Å². The zero-order chi connectivity index (χ0) is 17.8. The lowest BCUT2D eigenvalue weighted by atomic mass is 10.2. The Morgan fingerprint density at radius 1 is 1.28 bits per heavy atom. The van der Waals surface area contributed by atoms with E-state index >= 15 is 0 Å². The first-order valence-electron chi connectivity index (χ1n) is 8.15. The van der Waals surface area contributed by atoms with E-state index in [0.717, 1.165) is 22.4 Å². The van der Waals surface area contributed by atoms with E-state index in [2.05, 4.69) is 29.1 Å². The van der Waals surface area contributed by atoms with Crippen molar-refractivity contribution in [1.29, 1.82) is 0 Å². The van der Waals surface area contributed by atoms with Gasteiger partial charge in [0.2, 0.25) is 0 Å². The van der Waals surface area contributed by atoms with Crippen LogP contribution in [-0.4, -0.2) is 22.5 Å². The number of rotatable bonds is 6. The molecule has 1 amide bonds. The van der Waals surface area contributed by atoms with Gasteiger partial charge in [-0.25, -0.2) is 9.37 Å². The fourth-order valence-electron chi connectivity index (χ4n) is 2.42. The second-order valence-corrected chi connectivity index (χ2v) is 6.12. The molecule has 1 heterocycles. The Bertz CT molecular complexity index is 889. The number of fused-ring (bicyclic) bond motifs is 1. The van der Waals surface area contributed by atoms with Gasteiger partial charge in [0.15, 0.2) is 18.2 Å². The van der Waals surface area contributed by atoms with E-state index in [9.17, 15) is 9.18 Å². The lowest BCUT2D eigenvalue weighted by molar-refractivity contribution is -0.123. The molecule has 0 fully saturated rings. The summed E-state index contributed by atoms with van der Waals surface area (Å²) in [4.78, 5) is 19.7. The SMILES string of the molecule is CC(C)c1nc2ccc(CNC(=O)COc3ccccc3F)cc2[nH]1. The van der Waals surface area contributed by atoms with Gasteiger partial charge < -0.3 is 15.0 Å². The van der Waals surface area contributed by atoms with Crippen molar-refractivity contribution in [3.05, 3.63) is 59.7 Å². The molecule has 2 N–H and O–H groups in total. The maximum atomic E-state index is 13.4. The first-order chi connectivity index (χ1) is 12.0. The van der Waals surface area contributed by atoms with Crippen LogP contribution in [0.5, 0.6) is 5.75 Å². The molecule has 3 aromatic rings. The van der Waals surface area contributed by atoms with Crippen LogP contribution in [0.3, 0.4) is 0 Å². The normalized spacial score (nSPS) is 11.0. The number of nitrogens with one attached hydrogen (secondary N) is 2.